The second-order valence-corrected chi connectivity index (χ2v) is 9.02. The van der Waals surface area contributed by atoms with Crippen molar-refractivity contribution in [3.05, 3.63) is 108 Å². The van der Waals surface area contributed by atoms with Gasteiger partial charge in [0.15, 0.2) is 0 Å². The zero-order valence-corrected chi connectivity index (χ0v) is 21.2. The van der Waals surface area contributed by atoms with E-state index in [-0.39, 0.29) is 5.97 Å². The molecule has 2 heterocycles. The number of aromatic amines is 1. The quantitative estimate of drug-likeness (QED) is 0.107. The molecule has 2 aromatic carbocycles. The minimum Gasteiger partial charge on any atom is -0.464 e. The fraction of sp³-hybridized carbons (Fsp3) is 0.233. The van der Waals surface area contributed by atoms with Gasteiger partial charge in [-0.3, -0.25) is 24.7 Å². The monoisotopic (exact) mass is 512 g/mol. The number of hydrogen-bond acceptors (Lipinski definition) is 6. The van der Waals surface area contributed by atoms with E-state index in [9.17, 15) is 9.59 Å². The Bertz CT molecular complexity index is 1350. The summed E-state index contributed by atoms with van der Waals surface area (Å²) in [6, 6.07) is 19.9. The molecule has 0 radical (unpaired) electrons. The summed E-state index contributed by atoms with van der Waals surface area (Å²) in [6.07, 6.45) is 10.2. The molecule has 0 aliphatic rings. The number of carbonyl (C=O) groups is 2. The van der Waals surface area contributed by atoms with Crippen LogP contribution in [0.4, 0.5) is 0 Å². The molecule has 0 saturated heterocycles. The van der Waals surface area contributed by atoms with Crippen molar-refractivity contribution in [2.75, 3.05) is 19.7 Å². The molecule has 8 nitrogen and oxygen atoms in total. The normalized spacial score (nSPS) is 11.3. The van der Waals surface area contributed by atoms with Crippen LogP contribution in [0.15, 0.2) is 85.3 Å². The van der Waals surface area contributed by atoms with E-state index in [1.807, 2.05) is 48.5 Å². The lowest BCUT2D eigenvalue weighted by molar-refractivity contribution is -0.144. The topological polar surface area (TPSA) is 108 Å². The highest BCUT2D eigenvalue weighted by Crippen LogP contribution is 2.19. The Morgan fingerprint density at radius 2 is 1.84 bits per heavy atom. The van der Waals surface area contributed by atoms with Crippen molar-refractivity contribution in [3.8, 4) is 0 Å². The van der Waals surface area contributed by atoms with Gasteiger partial charge in [0.05, 0.1) is 0 Å². The lowest BCUT2D eigenvalue weighted by Gasteiger charge is -2.22. The number of H-pyrrole nitrogens is 1. The van der Waals surface area contributed by atoms with Crippen LogP contribution in [0, 0.1) is 0 Å². The van der Waals surface area contributed by atoms with Crippen LogP contribution in [0.2, 0.25) is 0 Å². The van der Waals surface area contributed by atoms with Crippen molar-refractivity contribution in [1.29, 1.82) is 0 Å². The van der Waals surface area contributed by atoms with E-state index in [4.69, 9.17) is 9.94 Å². The van der Waals surface area contributed by atoms with Gasteiger partial charge < -0.3 is 9.72 Å². The molecule has 38 heavy (non-hydrogen) atoms. The molecular formula is C30H32N4O4. The number of hydroxylamine groups is 1. The van der Waals surface area contributed by atoms with Crippen molar-refractivity contribution >= 4 is 28.9 Å². The molecule has 0 unspecified atom stereocenters. The number of amides is 1. The molecule has 1 amide bonds. The molecule has 0 saturated carbocycles. The van der Waals surface area contributed by atoms with Gasteiger partial charge >= 0.3 is 5.97 Å². The number of aryl methyl sites for hydroxylation is 1. The highest BCUT2D eigenvalue weighted by Gasteiger charge is 2.11. The van der Waals surface area contributed by atoms with Gasteiger partial charge in [0, 0.05) is 61.6 Å². The van der Waals surface area contributed by atoms with Crippen molar-refractivity contribution in [2.24, 2.45) is 0 Å². The summed E-state index contributed by atoms with van der Waals surface area (Å²) in [5, 5.41) is 9.85. The van der Waals surface area contributed by atoms with Gasteiger partial charge in [-0.15, -0.1) is 0 Å². The van der Waals surface area contributed by atoms with Gasteiger partial charge in [-0.25, -0.2) is 5.48 Å². The summed E-state index contributed by atoms with van der Waals surface area (Å²) < 4.78 is 5.55. The fourth-order valence-electron chi connectivity index (χ4n) is 4.24. The summed E-state index contributed by atoms with van der Waals surface area (Å²) in [4.78, 5) is 33.2. The summed E-state index contributed by atoms with van der Waals surface area (Å²) in [7, 11) is 0. The number of pyridine rings is 1. The smallest absolute Gasteiger partial charge is 0.306 e. The molecule has 0 atom stereocenters. The summed E-state index contributed by atoms with van der Waals surface area (Å²) in [5.74, 6) is -0.791. The number of esters is 1. The van der Waals surface area contributed by atoms with Gasteiger partial charge in [-0.1, -0.05) is 48.5 Å². The van der Waals surface area contributed by atoms with Crippen molar-refractivity contribution in [2.45, 2.75) is 25.8 Å². The molecule has 4 aromatic rings. The van der Waals surface area contributed by atoms with Crippen molar-refractivity contribution in [3.63, 3.8) is 0 Å². The fourth-order valence-corrected chi connectivity index (χ4v) is 4.24. The third-order valence-electron chi connectivity index (χ3n) is 6.31. The number of nitrogens with zero attached hydrogens (tertiary/aromatic N) is 2. The third-order valence-corrected chi connectivity index (χ3v) is 6.31. The van der Waals surface area contributed by atoms with Gasteiger partial charge in [0.1, 0.15) is 6.61 Å². The first-order chi connectivity index (χ1) is 18.6. The van der Waals surface area contributed by atoms with Crippen LogP contribution in [0.25, 0.3) is 17.0 Å². The largest absolute Gasteiger partial charge is 0.464 e. The van der Waals surface area contributed by atoms with E-state index >= 15 is 0 Å². The Kier molecular flexibility index (Phi) is 9.78. The van der Waals surface area contributed by atoms with Gasteiger partial charge in [0.2, 0.25) is 0 Å². The number of aromatic nitrogens is 2. The van der Waals surface area contributed by atoms with Crippen molar-refractivity contribution < 1.29 is 19.5 Å². The van der Waals surface area contributed by atoms with Gasteiger partial charge in [-0.2, -0.15) is 0 Å². The molecular weight excluding hydrogens is 480 g/mol. The second kappa shape index (κ2) is 13.9. The Morgan fingerprint density at radius 1 is 1.00 bits per heavy atom. The first-order valence-corrected chi connectivity index (χ1v) is 12.6. The number of ether oxygens (including phenoxy) is 1. The number of rotatable bonds is 13. The molecule has 3 N–H and O–H groups in total. The van der Waals surface area contributed by atoms with Gasteiger partial charge in [0.25, 0.3) is 5.91 Å². The van der Waals surface area contributed by atoms with Crippen molar-refractivity contribution in [1.82, 2.24) is 20.3 Å². The number of carbonyl (C=O) groups excluding carboxylic acids is 2. The number of nitrogens with one attached hydrogen (secondary N) is 2. The number of hydrogen-bond donors (Lipinski definition) is 3. The second-order valence-electron chi connectivity index (χ2n) is 9.02. The number of para-hydroxylation sites is 1. The predicted molar refractivity (Wildman–Crippen MR) is 146 cm³/mol. The molecule has 0 aliphatic heterocycles. The molecule has 196 valence electrons. The Labute approximate surface area is 221 Å². The van der Waals surface area contributed by atoms with Crippen LogP contribution in [-0.2, 0) is 33.7 Å². The van der Waals surface area contributed by atoms with E-state index in [1.54, 1.807) is 23.9 Å². The summed E-state index contributed by atoms with van der Waals surface area (Å²) >= 11 is 0. The summed E-state index contributed by atoms with van der Waals surface area (Å²) in [5.41, 5.74) is 6.92. The van der Waals surface area contributed by atoms with Crippen LogP contribution in [-0.4, -0.2) is 51.6 Å². The van der Waals surface area contributed by atoms with Crippen LogP contribution in [0.5, 0.6) is 0 Å². The SMILES string of the molecule is O=C(/C=C/c1ccc(CN(CCOC(=O)CCc2cccnc2)CCc2c[nH]c3ccccc23)cc1)NO. The lowest BCUT2D eigenvalue weighted by Crippen LogP contribution is -2.30. The molecule has 0 spiro atoms. The summed E-state index contributed by atoms with van der Waals surface area (Å²) in [6.45, 7) is 2.42. The average Bonchev–Trinajstić information content (AvgIpc) is 3.37. The first kappa shape index (κ1) is 26.8. The highest BCUT2D eigenvalue weighted by molar-refractivity contribution is 5.90. The molecule has 2 aromatic heterocycles. The lowest BCUT2D eigenvalue weighted by atomic mass is 10.1. The predicted octanol–water partition coefficient (Wildman–Crippen LogP) is 4.30. The maximum atomic E-state index is 12.3. The molecule has 0 bridgehead atoms. The van der Waals surface area contributed by atoms with Crippen LogP contribution in [0.1, 0.15) is 28.7 Å². The zero-order valence-electron chi connectivity index (χ0n) is 21.2. The third kappa shape index (κ3) is 8.12. The Hall–Kier alpha value is -4.27. The van der Waals surface area contributed by atoms with E-state index in [0.717, 1.165) is 35.2 Å². The zero-order chi connectivity index (χ0) is 26.6. The number of benzene rings is 2. The van der Waals surface area contributed by atoms with E-state index in [1.165, 1.54) is 17.0 Å². The van der Waals surface area contributed by atoms with Crippen LogP contribution in [0.3, 0.4) is 0 Å². The minimum absolute atomic E-state index is 0.214. The maximum Gasteiger partial charge on any atom is 0.306 e. The van der Waals surface area contributed by atoms with E-state index < -0.39 is 5.91 Å². The van der Waals surface area contributed by atoms with Crippen LogP contribution >= 0.6 is 0 Å². The molecule has 4 rings (SSSR count). The maximum absolute atomic E-state index is 12.3. The van der Waals surface area contributed by atoms with E-state index in [2.05, 4.69) is 33.2 Å². The minimum atomic E-state index is -0.576. The molecule has 8 heteroatoms. The highest BCUT2D eigenvalue weighted by atomic mass is 16.5. The van der Waals surface area contributed by atoms with Crippen LogP contribution < -0.4 is 5.48 Å². The Balaban J connectivity index is 1.34. The van der Waals surface area contributed by atoms with E-state index in [0.29, 0.717) is 32.5 Å². The first-order valence-electron chi connectivity index (χ1n) is 12.6. The number of fused-ring (bicyclic) bond motifs is 1. The standard InChI is InChI=1S/C30H32N4O4/c35-29(33-37)13-11-23-7-9-25(10-8-23)22-34(17-15-26-21-32-28-6-2-1-5-27(26)28)18-19-38-30(36)14-12-24-4-3-16-31-20-24/h1-11,13,16,20-21,32,37H,12,14-15,17-19,22H2,(H,33,35)/b13-11+. The Morgan fingerprint density at radius 3 is 2.63 bits per heavy atom. The molecule has 0 aliphatic carbocycles. The van der Waals surface area contributed by atoms with Gasteiger partial charge in [-0.05, 0) is 53.3 Å². The molecule has 0 fully saturated rings. The average molecular weight is 513 g/mol.